The normalized spacial score (nSPS) is 22.1. The molecule has 1 aromatic heterocycles. The van der Waals surface area contributed by atoms with Crippen molar-refractivity contribution in [2.45, 2.75) is 65.2 Å². The number of carbonyl (C=O) groups is 1. The van der Waals surface area contributed by atoms with E-state index in [4.69, 9.17) is 9.47 Å². The fourth-order valence-corrected chi connectivity index (χ4v) is 2.53. The van der Waals surface area contributed by atoms with E-state index in [2.05, 4.69) is 24.2 Å². The van der Waals surface area contributed by atoms with Crippen molar-refractivity contribution in [3.05, 3.63) is 11.4 Å². The van der Waals surface area contributed by atoms with Crippen LogP contribution in [0.4, 0.5) is 0 Å². The van der Waals surface area contributed by atoms with Crippen LogP contribution in [-0.4, -0.2) is 39.8 Å². The monoisotopic (exact) mass is 281 g/mol. The highest BCUT2D eigenvalue weighted by Gasteiger charge is 2.26. The summed E-state index contributed by atoms with van der Waals surface area (Å²) in [5.74, 6) is -0.386. The number of ether oxygens (including phenoxy) is 2. The average Bonchev–Trinajstić information content (AvgIpc) is 2.99. The van der Waals surface area contributed by atoms with E-state index in [1.807, 2.05) is 0 Å². The van der Waals surface area contributed by atoms with Crippen molar-refractivity contribution in [2.24, 2.45) is 0 Å². The summed E-state index contributed by atoms with van der Waals surface area (Å²) in [6, 6.07) is 0. The highest BCUT2D eigenvalue weighted by Crippen LogP contribution is 2.21. The van der Waals surface area contributed by atoms with E-state index >= 15 is 0 Å². The smallest absolute Gasteiger partial charge is 0.360 e. The molecule has 2 rings (SSSR count). The molecule has 112 valence electrons. The lowest BCUT2D eigenvalue weighted by molar-refractivity contribution is 0.0426. The molecule has 6 heteroatoms. The molecule has 1 aromatic rings. The van der Waals surface area contributed by atoms with Crippen molar-refractivity contribution in [1.82, 2.24) is 15.0 Å². The Bertz CT molecular complexity index is 459. The highest BCUT2D eigenvalue weighted by molar-refractivity contribution is 5.88. The fourth-order valence-electron chi connectivity index (χ4n) is 2.53. The Labute approximate surface area is 119 Å². The lowest BCUT2D eigenvalue weighted by Gasteiger charge is -2.13. The summed E-state index contributed by atoms with van der Waals surface area (Å²) >= 11 is 0. The topological polar surface area (TPSA) is 66.2 Å². The van der Waals surface area contributed by atoms with Gasteiger partial charge >= 0.3 is 5.97 Å². The van der Waals surface area contributed by atoms with Gasteiger partial charge in [0.15, 0.2) is 5.69 Å². The van der Waals surface area contributed by atoms with Crippen molar-refractivity contribution in [2.75, 3.05) is 6.61 Å². The zero-order chi connectivity index (χ0) is 14.5. The van der Waals surface area contributed by atoms with Gasteiger partial charge in [-0.1, -0.05) is 18.6 Å². The van der Waals surface area contributed by atoms with Gasteiger partial charge in [0, 0.05) is 0 Å². The maximum atomic E-state index is 11.9. The molecule has 2 heterocycles. The molecule has 1 aliphatic heterocycles. The Morgan fingerprint density at radius 2 is 2.25 bits per heavy atom. The molecule has 0 amide bonds. The lowest BCUT2D eigenvalue weighted by Crippen LogP contribution is -2.20. The van der Waals surface area contributed by atoms with E-state index in [-0.39, 0.29) is 12.1 Å². The fraction of sp³-hybridized carbons (Fsp3) is 0.786. The molecule has 0 aromatic carbocycles. The molecule has 0 spiro atoms. The predicted octanol–water partition coefficient (Wildman–Crippen LogP) is 1.97. The number of nitrogens with zero attached hydrogens (tertiary/aromatic N) is 3. The van der Waals surface area contributed by atoms with Crippen LogP contribution in [0.5, 0.6) is 0 Å². The van der Waals surface area contributed by atoms with Gasteiger partial charge in [-0.05, 0) is 33.1 Å². The molecule has 0 radical (unpaired) electrons. The molecule has 0 aliphatic carbocycles. The molecule has 2 unspecified atom stereocenters. The second-order valence-electron chi connectivity index (χ2n) is 5.18. The maximum absolute atomic E-state index is 11.9. The van der Waals surface area contributed by atoms with Crippen molar-refractivity contribution in [3.8, 4) is 0 Å². The van der Waals surface area contributed by atoms with Crippen LogP contribution < -0.4 is 0 Å². The second kappa shape index (κ2) is 6.83. The summed E-state index contributed by atoms with van der Waals surface area (Å²) in [4.78, 5) is 11.9. The molecule has 1 fully saturated rings. The zero-order valence-electron chi connectivity index (χ0n) is 12.5. The summed E-state index contributed by atoms with van der Waals surface area (Å²) < 4.78 is 12.6. The third-order valence-corrected chi connectivity index (χ3v) is 3.49. The standard InChI is InChI=1S/C14H23N3O3/c1-4-6-12-13(14(18)19-5-2)15-16-17(12)9-11-8-7-10(3)20-11/h10-11H,4-9H2,1-3H3. The van der Waals surface area contributed by atoms with Gasteiger partial charge in [-0.3, -0.25) is 0 Å². The van der Waals surface area contributed by atoms with Crippen LogP contribution in [0, 0.1) is 0 Å². The minimum absolute atomic E-state index is 0.164. The van der Waals surface area contributed by atoms with E-state index in [1.54, 1.807) is 11.6 Å². The molecule has 20 heavy (non-hydrogen) atoms. The van der Waals surface area contributed by atoms with E-state index in [0.29, 0.717) is 24.9 Å². The van der Waals surface area contributed by atoms with E-state index in [9.17, 15) is 4.79 Å². The second-order valence-corrected chi connectivity index (χ2v) is 5.18. The molecule has 0 saturated carbocycles. The number of rotatable bonds is 6. The van der Waals surface area contributed by atoms with Crippen LogP contribution in [0.15, 0.2) is 0 Å². The SMILES string of the molecule is CCCc1c(C(=O)OCC)nnn1CC1CCC(C)O1. The Hall–Kier alpha value is -1.43. The van der Waals surface area contributed by atoms with Gasteiger partial charge in [0.25, 0.3) is 0 Å². The van der Waals surface area contributed by atoms with Crippen molar-refractivity contribution >= 4 is 5.97 Å². The van der Waals surface area contributed by atoms with Gasteiger partial charge in [-0.15, -0.1) is 5.10 Å². The first-order chi connectivity index (χ1) is 9.65. The number of aromatic nitrogens is 3. The first-order valence-electron chi connectivity index (χ1n) is 7.40. The summed E-state index contributed by atoms with van der Waals surface area (Å²) in [7, 11) is 0. The number of carbonyl (C=O) groups excluding carboxylic acids is 1. The van der Waals surface area contributed by atoms with Crippen LogP contribution >= 0.6 is 0 Å². The predicted molar refractivity (Wildman–Crippen MR) is 73.5 cm³/mol. The van der Waals surface area contributed by atoms with Crippen LogP contribution in [0.1, 0.15) is 56.2 Å². The van der Waals surface area contributed by atoms with E-state index in [1.165, 1.54) is 0 Å². The third-order valence-electron chi connectivity index (χ3n) is 3.49. The number of hydrogen-bond acceptors (Lipinski definition) is 5. The van der Waals surface area contributed by atoms with Crippen LogP contribution in [0.25, 0.3) is 0 Å². The quantitative estimate of drug-likeness (QED) is 0.746. The summed E-state index contributed by atoms with van der Waals surface area (Å²) in [6.45, 7) is 6.95. The van der Waals surface area contributed by atoms with Crippen molar-refractivity contribution in [3.63, 3.8) is 0 Å². The van der Waals surface area contributed by atoms with Gasteiger partial charge in [0.2, 0.25) is 0 Å². The van der Waals surface area contributed by atoms with Crippen molar-refractivity contribution in [1.29, 1.82) is 0 Å². The Kier molecular flexibility index (Phi) is 5.11. The highest BCUT2D eigenvalue weighted by atomic mass is 16.5. The number of esters is 1. The molecular formula is C14H23N3O3. The van der Waals surface area contributed by atoms with Gasteiger partial charge in [-0.2, -0.15) is 0 Å². The zero-order valence-corrected chi connectivity index (χ0v) is 12.5. The van der Waals surface area contributed by atoms with E-state index < -0.39 is 0 Å². The van der Waals surface area contributed by atoms with Gasteiger partial charge < -0.3 is 9.47 Å². The average molecular weight is 281 g/mol. The first kappa shape index (κ1) is 15.0. The largest absolute Gasteiger partial charge is 0.461 e. The van der Waals surface area contributed by atoms with E-state index in [0.717, 1.165) is 31.4 Å². The molecule has 1 saturated heterocycles. The molecule has 2 atom stereocenters. The Morgan fingerprint density at radius 3 is 2.85 bits per heavy atom. The molecular weight excluding hydrogens is 258 g/mol. The Balaban J connectivity index is 2.13. The van der Waals surface area contributed by atoms with Crippen LogP contribution in [0.2, 0.25) is 0 Å². The van der Waals surface area contributed by atoms with Crippen LogP contribution in [0.3, 0.4) is 0 Å². The molecule has 0 bridgehead atoms. The van der Waals surface area contributed by atoms with Crippen molar-refractivity contribution < 1.29 is 14.3 Å². The minimum atomic E-state index is -0.386. The summed E-state index contributed by atoms with van der Waals surface area (Å²) in [5, 5.41) is 8.11. The van der Waals surface area contributed by atoms with Gasteiger partial charge in [0.05, 0.1) is 31.1 Å². The lowest BCUT2D eigenvalue weighted by atomic mass is 10.2. The molecule has 6 nitrogen and oxygen atoms in total. The van der Waals surface area contributed by atoms with Gasteiger partial charge in [0.1, 0.15) is 0 Å². The Morgan fingerprint density at radius 1 is 1.45 bits per heavy atom. The summed E-state index contributed by atoms with van der Waals surface area (Å²) in [5.41, 5.74) is 1.20. The molecule has 0 N–H and O–H groups in total. The van der Waals surface area contributed by atoms with Crippen LogP contribution in [-0.2, 0) is 22.4 Å². The molecule has 1 aliphatic rings. The van der Waals surface area contributed by atoms with Gasteiger partial charge in [-0.25, -0.2) is 9.48 Å². The first-order valence-corrected chi connectivity index (χ1v) is 7.40. The third kappa shape index (κ3) is 3.36. The summed E-state index contributed by atoms with van der Waals surface area (Å²) in [6.07, 6.45) is 4.28. The minimum Gasteiger partial charge on any atom is -0.461 e. The number of hydrogen-bond donors (Lipinski definition) is 0. The maximum Gasteiger partial charge on any atom is 0.360 e.